The Balaban J connectivity index is 1.76. The zero-order valence-corrected chi connectivity index (χ0v) is 14.5. The van der Waals surface area contributed by atoms with Crippen LogP contribution in [0.5, 0.6) is 0 Å². The number of carbonyl (C=O) groups is 1. The maximum absolute atomic E-state index is 12.8. The van der Waals surface area contributed by atoms with Crippen LogP contribution in [0.4, 0.5) is 5.69 Å². The Morgan fingerprint density at radius 2 is 2.05 bits per heavy atom. The van der Waals surface area contributed by atoms with Crippen LogP contribution in [0.15, 0.2) is 18.2 Å². The van der Waals surface area contributed by atoms with Crippen molar-refractivity contribution in [1.82, 2.24) is 4.90 Å². The zero-order valence-electron chi connectivity index (χ0n) is 12.9. The first-order valence-corrected chi connectivity index (χ1v) is 8.77. The van der Waals surface area contributed by atoms with E-state index in [0.717, 1.165) is 44.1 Å². The number of benzene rings is 1. The third-order valence-corrected chi connectivity index (χ3v) is 5.53. The summed E-state index contributed by atoms with van der Waals surface area (Å²) in [6.07, 6.45) is 0. The fourth-order valence-corrected chi connectivity index (χ4v) is 4.43. The van der Waals surface area contributed by atoms with Gasteiger partial charge in [-0.15, -0.1) is 0 Å². The molecule has 2 aliphatic heterocycles. The van der Waals surface area contributed by atoms with Gasteiger partial charge in [-0.2, -0.15) is 0 Å². The summed E-state index contributed by atoms with van der Waals surface area (Å²) in [5.41, 5.74) is 3.19. The van der Waals surface area contributed by atoms with Gasteiger partial charge >= 0.3 is 0 Å². The minimum atomic E-state index is -0.105. The van der Waals surface area contributed by atoms with Gasteiger partial charge in [-0.1, -0.05) is 41.7 Å². The molecule has 22 heavy (non-hydrogen) atoms. The van der Waals surface area contributed by atoms with Crippen LogP contribution in [-0.4, -0.2) is 53.2 Å². The number of hydrogen-bond donors (Lipinski definition) is 0. The number of anilines is 1. The fourth-order valence-electron chi connectivity index (χ4n) is 2.87. The lowest BCUT2D eigenvalue weighted by molar-refractivity contribution is -0.117. The molecule has 1 unspecified atom stereocenters. The summed E-state index contributed by atoms with van der Waals surface area (Å²) < 4.78 is 6.02. The largest absolute Gasteiger partial charge is 0.379 e. The highest BCUT2D eigenvalue weighted by atomic mass is 32.2. The summed E-state index contributed by atoms with van der Waals surface area (Å²) >= 11 is 6.97. The SMILES string of the molecule is Cc1ccc(N2C(=O)C(CN3CCOCC3)SC2=S)c(C)c1. The number of rotatable bonds is 3. The second-order valence-electron chi connectivity index (χ2n) is 5.75. The van der Waals surface area contributed by atoms with Crippen LogP contribution in [0, 0.1) is 13.8 Å². The minimum Gasteiger partial charge on any atom is -0.379 e. The molecule has 0 bridgehead atoms. The van der Waals surface area contributed by atoms with Crippen molar-refractivity contribution in [3.05, 3.63) is 29.3 Å². The number of morpholine rings is 1. The molecule has 6 heteroatoms. The van der Waals surface area contributed by atoms with E-state index in [0.29, 0.717) is 4.32 Å². The van der Waals surface area contributed by atoms with E-state index in [1.807, 2.05) is 19.1 Å². The van der Waals surface area contributed by atoms with Crippen molar-refractivity contribution in [3.63, 3.8) is 0 Å². The third-order valence-electron chi connectivity index (χ3n) is 4.04. The number of amides is 1. The molecule has 1 aromatic carbocycles. The molecule has 2 aliphatic rings. The molecule has 2 saturated heterocycles. The maximum atomic E-state index is 12.8. The summed E-state index contributed by atoms with van der Waals surface area (Å²) in [4.78, 5) is 16.8. The van der Waals surface area contributed by atoms with E-state index < -0.39 is 0 Å². The molecule has 1 atom stereocenters. The van der Waals surface area contributed by atoms with Gasteiger partial charge in [0.15, 0.2) is 0 Å². The molecule has 0 spiro atoms. The van der Waals surface area contributed by atoms with Gasteiger partial charge in [0.05, 0.1) is 18.9 Å². The molecule has 0 radical (unpaired) electrons. The van der Waals surface area contributed by atoms with Crippen LogP contribution in [0.3, 0.4) is 0 Å². The lowest BCUT2D eigenvalue weighted by Gasteiger charge is -2.28. The molecule has 2 fully saturated rings. The lowest BCUT2D eigenvalue weighted by Crippen LogP contribution is -2.43. The van der Waals surface area contributed by atoms with Crippen molar-refractivity contribution in [2.45, 2.75) is 19.1 Å². The average Bonchev–Trinajstić information content (AvgIpc) is 2.75. The van der Waals surface area contributed by atoms with Gasteiger partial charge in [-0.3, -0.25) is 14.6 Å². The summed E-state index contributed by atoms with van der Waals surface area (Å²) in [5.74, 6) is 0.105. The summed E-state index contributed by atoms with van der Waals surface area (Å²) in [6, 6.07) is 6.11. The number of aryl methyl sites for hydroxylation is 2. The highest BCUT2D eigenvalue weighted by Gasteiger charge is 2.39. The molecular formula is C16H20N2O2S2. The van der Waals surface area contributed by atoms with Gasteiger partial charge in [-0.05, 0) is 25.5 Å². The van der Waals surface area contributed by atoms with Crippen molar-refractivity contribution in [2.75, 3.05) is 37.7 Å². The molecule has 1 amide bonds. The number of ether oxygens (including phenoxy) is 1. The van der Waals surface area contributed by atoms with Gasteiger partial charge in [-0.25, -0.2) is 0 Å². The van der Waals surface area contributed by atoms with Crippen LogP contribution in [0.25, 0.3) is 0 Å². The van der Waals surface area contributed by atoms with E-state index in [-0.39, 0.29) is 11.2 Å². The number of thiocarbonyl (C=S) groups is 1. The van der Waals surface area contributed by atoms with Crippen molar-refractivity contribution < 1.29 is 9.53 Å². The summed E-state index contributed by atoms with van der Waals surface area (Å²) in [5, 5.41) is -0.105. The Morgan fingerprint density at radius 1 is 1.32 bits per heavy atom. The van der Waals surface area contributed by atoms with Crippen LogP contribution in [-0.2, 0) is 9.53 Å². The second-order valence-corrected chi connectivity index (χ2v) is 7.59. The number of carbonyl (C=O) groups excluding carboxylic acids is 1. The molecule has 3 rings (SSSR count). The minimum absolute atomic E-state index is 0.105. The van der Waals surface area contributed by atoms with Crippen molar-refractivity contribution >= 4 is 39.9 Å². The van der Waals surface area contributed by atoms with Crippen molar-refractivity contribution in [2.24, 2.45) is 0 Å². The molecule has 0 saturated carbocycles. The third kappa shape index (κ3) is 3.20. The highest BCUT2D eigenvalue weighted by molar-refractivity contribution is 8.25. The van der Waals surface area contributed by atoms with Crippen LogP contribution in [0.2, 0.25) is 0 Å². The normalized spacial score (nSPS) is 23.4. The Labute approximate surface area is 140 Å². The number of nitrogens with zero attached hydrogens (tertiary/aromatic N) is 2. The van der Waals surface area contributed by atoms with Gasteiger partial charge < -0.3 is 4.74 Å². The van der Waals surface area contributed by atoms with E-state index in [4.69, 9.17) is 17.0 Å². The standard InChI is InChI=1S/C16H20N2O2S2/c1-11-3-4-13(12(2)9-11)18-15(19)14(22-16(18)21)10-17-5-7-20-8-6-17/h3-4,9,14H,5-8,10H2,1-2H3. The van der Waals surface area contributed by atoms with Gasteiger partial charge in [0, 0.05) is 19.6 Å². The van der Waals surface area contributed by atoms with Gasteiger partial charge in [0.25, 0.3) is 0 Å². The molecule has 4 nitrogen and oxygen atoms in total. The molecule has 0 N–H and O–H groups in total. The molecule has 118 valence electrons. The summed E-state index contributed by atoms with van der Waals surface area (Å²) in [6.45, 7) is 8.10. The van der Waals surface area contributed by atoms with Crippen LogP contribution < -0.4 is 4.90 Å². The first-order valence-electron chi connectivity index (χ1n) is 7.48. The molecule has 1 aromatic rings. The first-order chi connectivity index (χ1) is 10.6. The van der Waals surface area contributed by atoms with E-state index in [9.17, 15) is 4.79 Å². The predicted molar refractivity (Wildman–Crippen MR) is 94.6 cm³/mol. The zero-order chi connectivity index (χ0) is 15.7. The monoisotopic (exact) mass is 336 g/mol. The smallest absolute Gasteiger partial charge is 0.247 e. The fraction of sp³-hybridized carbons (Fsp3) is 0.500. The Morgan fingerprint density at radius 3 is 2.73 bits per heavy atom. The first kappa shape index (κ1) is 15.9. The Kier molecular flexibility index (Phi) is 4.82. The Bertz CT molecular complexity index is 600. The van der Waals surface area contributed by atoms with E-state index >= 15 is 0 Å². The number of thioether (sulfide) groups is 1. The molecule has 0 aliphatic carbocycles. The maximum Gasteiger partial charge on any atom is 0.247 e. The molecule has 2 heterocycles. The van der Waals surface area contributed by atoms with E-state index in [1.54, 1.807) is 4.90 Å². The van der Waals surface area contributed by atoms with E-state index in [2.05, 4.69) is 17.9 Å². The van der Waals surface area contributed by atoms with Crippen LogP contribution >= 0.6 is 24.0 Å². The number of hydrogen-bond acceptors (Lipinski definition) is 5. The lowest BCUT2D eigenvalue weighted by atomic mass is 10.1. The molecular weight excluding hydrogens is 316 g/mol. The highest BCUT2D eigenvalue weighted by Crippen LogP contribution is 2.34. The van der Waals surface area contributed by atoms with E-state index in [1.165, 1.54) is 17.3 Å². The van der Waals surface area contributed by atoms with Gasteiger partial charge in [0.1, 0.15) is 9.57 Å². The topological polar surface area (TPSA) is 32.8 Å². The van der Waals surface area contributed by atoms with Crippen LogP contribution in [0.1, 0.15) is 11.1 Å². The Hall–Kier alpha value is -0.950. The second kappa shape index (κ2) is 6.66. The van der Waals surface area contributed by atoms with Gasteiger partial charge in [0.2, 0.25) is 5.91 Å². The van der Waals surface area contributed by atoms with Crippen molar-refractivity contribution in [1.29, 1.82) is 0 Å². The summed E-state index contributed by atoms with van der Waals surface area (Å²) in [7, 11) is 0. The van der Waals surface area contributed by atoms with Crippen molar-refractivity contribution in [3.8, 4) is 0 Å². The quantitative estimate of drug-likeness (QED) is 0.792. The molecule has 0 aromatic heterocycles. The predicted octanol–water partition coefficient (Wildman–Crippen LogP) is 2.37. The average molecular weight is 336 g/mol.